The highest BCUT2D eigenvalue weighted by atomic mass is 35.5. The van der Waals surface area contributed by atoms with Crippen molar-refractivity contribution in [2.75, 3.05) is 13.1 Å². The number of rotatable bonds is 3. The fourth-order valence-electron chi connectivity index (χ4n) is 2.74. The fourth-order valence-corrected chi connectivity index (χ4v) is 3.45. The second-order valence-corrected chi connectivity index (χ2v) is 7.12. The Morgan fingerprint density at radius 2 is 2.14 bits per heavy atom. The van der Waals surface area contributed by atoms with Crippen molar-refractivity contribution in [2.45, 2.75) is 37.6 Å². The number of carbonyl (C=O) groups is 1. The molecule has 1 aromatic rings. The maximum Gasteiger partial charge on any atom is 0.289 e. The Balaban J connectivity index is 0.00000242. The maximum absolute atomic E-state index is 12.5. The van der Waals surface area contributed by atoms with Crippen LogP contribution in [0.2, 0.25) is 0 Å². The summed E-state index contributed by atoms with van der Waals surface area (Å²) in [4.78, 5) is 14.0. The third-order valence-electron chi connectivity index (χ3n) is 3.90. The number of carbonyl (C=O) groups excluding carboxylic acids is 1. The molecule has 1 aromatic heterocycles. The number of sulfonamides is 1. The first-order chi connectivity index (χ1) is 9.74. The molecule has 2 unspecified atom stereocenters. The van der Waals surface area contributed by atoms with Gasteiger partial charge in [0, 0.05) is 25.2 Å². The van der Waals surface area contributed by atoms with Crippen LogP contribution in [0.25, 0.3) is 0 Å². The van der Waals surface area contributed by atoms with E-state index in [1.807, 2.05) is 0 Å². The number of amides is 1. The summed E-state index contributed by atoms with van der Waals surface area (Å²) in [5.41, 5.74) is 5.74. The highest BCUT2D eigenvalue weighted by Crippen LogP contribution is 2.26. The van der Waals surface area contributed by atoms with Gasteiger partial charge in [-0.1, -0.05) is 6.92 Å². The van der Waals surface area contributed by atoms with Gasteiger partial charge in [-0.15, -0.1) is 12.4 Å². The van der Waals surface area contributed by atoms with Crippen molar-refractivity contribution in [2.24, 2.45) is 16.8 Å². The summed E-state index contributed by atoms with van der Waals surface area (Å²) in [6, 6.07) is 1.14. The first-order valence-corrected chi connectivity index (χ1v) is 8.43. The summed E-state index contributed by atoms with van der Waals surface area (Å²) in [6.07, 6.45) is 1.73. The topological polar surface area (TPSA) is 120 Å². The molecule has 1 aliphatic rings. The van der Waals surface area contributed by atoms with Gasteiger partial charge in [0.25, 0.3) is 5.91 Å². The highest BCUT2D eigenvalue weighted by molar-refractivity contribution is 7.89. The number of nitrogens with zero attached hydrogens (tertiary/aromatic N) is 1. The van der Waals surface area contributed by atoms with Gasteiger partial charge in [-0.2, -0.15) is 0 Å². The van der Waals surface area contributed by atoms with Crippen LogP contribution in [0.5, 0.6) is 0 Å². The van der Waals surface area contributed by atoms with Crippen molar-refractivity contribution >= 4 is 28.3 Å². The molecule has 0 bridgehead atoms. The lowest BCUT2D eigenvalue weighted by atomic mass is 9.92. The summed E-state index contributed by atoms with van der Waals surface area (Å²) in [5.74, 6) is 0.288. The van der Waals surface area contributed by atoms with Crippen LogP contribution in [0, 0.1) is 12.8 Å². The first-order valence-electron chi connectivity index (χ1n) is 6.88. The second kappa shape index (κ2) is 6.99. The molecule has 2 heterocycles. The number of hydrogen-bond donors (Lipinski definition) is 2. The zero-order valence-corrected chi connectivity index (χ0v) is 14.2. The molecular weight excluding hydrogens is 330 g/mol. The van der Waals surface area contributed by atoms with Crippen molar-refractivity contribution in [3.63, 3.8) is 0 Å². The van der Waals surface area contributed by atoms with Gasteiger partial charge < -0.3 is 15.1 Å². The minimum absolute atomic E-state index is 0. The molecule has 9 heteroatoms. The van der Waals surface area contributed by atoms with Crippen LogP contribution in [0.3, 0.4) is 0 Å². The molecule has 0 radical (unpaired) electrons. The molecule has 126 valence electrons. The minimum Gasteiger partial charge on any atom is -0.455 e. The monoisotopic (exact) mass is 351 g/mol. The van der Waals surface area contributed by atoms with E-state index in [0.717, 1.165) is 12.8 Å². The van der Waals surface area contributed by atoms with Gasteiger partial charge in [-0.05, 0) is 25.7 Å². The van der Waals surface area contributed by atoms with Crippen molar-refractivity contribution in [3.8, 4) is 0 Å². The summed E-state index contributed by atoms with van der Waals surface area (Å²) < 4.78 is 28.1. The molecule has 1 amide bonds. The van der Waals surface area contributed by atoms with Crippen LogP contribution in [0.1, 0.15) is 36.1 Å². The first kappa shape index (κ1) is 19.0. The number of primary sulfonamides is 1. The number of nitrogens with two attached hydrogens (primary N) is 2. The van der Waals surface area contributed by atoms with E-state index in [1.54, 1.807) is 4.90 Å². The Hall–Kier alpha value is -1.09. The van der Waals surface area contributed by atoms with Crippen LogP contribution in [-0.4, -0.2) is 38.4 Å². The number of furan rings is 1. The van der Waals surface area contributed by atoms with E-state index in [-0.39, 0.29) is 40.8 Å². The van der Waals surface area contributed by atoms with Crippen LogP contribution in [-0.2, 0) is 10.0 Å². The van der Waals surface area contributed by atoms with Gasteiger partial charge in [-0.25, -0.2) is 13.6 Å². The lowest BCUT2D eigenvalue weighted by Gasteiger charge is -2.37. The van der Waals surface area contributed by atoms with E-state index in [4.69, 9.17) is 15.3 Å². The molecule has 0 aromatic carbocycles. The van der Waals surface area contributed by atoms with Gasteiger partial charge in [0.05, 0.1) is 0 Å². The van der Waals surface area contributed by atoms with Gasteiger partial charge in [0.15, 0.2) is 5.76 Å². The van der Waals surface area contributed by atoms with E-state index < -0.39 is 10.0 Å². The van der Waals surface area contributed by atoms with E-state index in [2.05, 4.69) is 6.92 Å². The molecule has 22 heavy (non-hydrogen) atoms. The fraction of sp³-hybridized carbons (Fsp3) is 0.615. The molecule has 7 nitrogen and oxygen atoms in total. The summed E-state index contributed by atoms with van der Waals surface area (Å²) in [5, 5.41) is 5.09. The average molecular weight is 352 g/mol. The predicted octanol–water partition coefficient (Wildman–Crippen LogP) is 0.857. The summed E-state index contributed by atoms with van der Waals surface area (Å²) in [6.45, 7) is 4.56. The Morgan fingerprint density at radius 3 is 2.64 bits per heavy atom. The molecular formula is C13H22ClN3O4S. The van der Waals surface area contributed by atoms with Gasteiger partial charge in [0.2, 0.25) is 10.0 Å². The third kappa shape index (κ3) is 3.81. The number of piperidine rings is 1. The Bertz CT molecular complexity index is 644. The zero-order chi connectivity index (χ0) is 15.8. The molecule has 1 aliphatic heterocycles. The Labute approximate surface area is 136 Å². The number of halogens is 1. The van der Waals surface area contributed by atoms with Crippen molar-refractivity contribution in [1.82, 2.24) is 4.90 Å². The normalized spacial score (nSPS) is 22.3. The minimum atomic E-state index is -3.89. The van der Waals surface area contributed by atoms with Crippen LogP contribution in [0.15, 0.2) is 15.4 Å². The average Bonchev–Trinajstić information content (AvgIpc) is 2.80. The smallest absolute Gasteiger partial charge is 0.289 e. The van der Waals surface area contributed by atoms with Gasteiger partial charge in [-0.3, -0.25) is 4.79 Å². The van der Waals surface area contributed by atoms with Crippen LogP contribution in [0.4, 0.5) is 0 Å². The largest absolute Gasteiger partial charge is 0.455 e. The molecule has 0 aliphatic carbocycles. The third-order valence-corrected chi connectivity index (χ3v) is 4.92. The van der Waals surface area contributed by atoms with Crippen molar-refractivity contribution < 1.29 is 17.6 Å². The van der Waals surface area contributed by atoms with Gasteiger partial charge in [0.1, 0.15) is 10.7 Å². The molecule has 2 atom stereocenters. The predicted molar refractivity (Wildman–Crippen MR) is 84.3 cm³/mol. The molecule has 1 fully saturated rings. The number of aryl methyl sites for hydroxylation is 1. The number of hydrogen-bond acceptors (Lipinski definition) is 5. The molecule has 0 spiro atoms. The summed E-state index contributed by atoms with van der Waals surface area (Å²) in [7, 11) is -3.89. The molecule has 2 rings (SSSR count). The van der Waals surface area contributed by atoms with Crippen LogP contribution < -0.4 is 10.9 Å². The summed E-state index contributed by atoms with van der Waals surface area (Å²) >= 11 is 0. The standard InChI is InChI=1S/C13H21N3O4S.ClH/c1-8-3-4-16(10(5-8)7-14)13(17)11-6-12(9(2)20-11)21(15,18)19;/h6,8,10H,3-5,7,14H2,1-2H3,(H2,15,18,19);1H. The Morgan fingerprint density at radius 1 is 1.50 bits per heavy atom. The quantitative estimate of drug-likeness (QED) is 0.836. The van der Waals surface area contributed by atoms with E-state index >= 15 is 0 Å². The van der Waals surface area contributed by atoms with Crippen LogP contribution >= 0.6 is 12.4 Å². The lowest BCUT2D eigenvalue weighted by molar-refractivity contribution is 0.0540. The molecule has 1 saturated heterocycles. The molecule has 0 saturated carbocycles. The second-order valence-electron chi connectivity index (χ2n) is 5.59. The van der Waals surface area contributed by atoms with Crippen molar-refractivity contribution in [3.05, 3.63) is 17.6 Å². The van der Waals surface area contributed by atoms with E-state index in [1.165, 1.54) is 13.0 Å². The number of likely N-dealkylation sites (tertiary alicyclic amines) is 1. The van der Waals surface area contributed by atoms with E-state index in [9.17, 15) is 13.2 Å². The SMILES string of the molecule is Cc1oc(C(=O)N2CCC(C)CC2CN)cc1S(N)(=O)=O.Cl. The zero-order valence-electron chi connectivity index (χ0n) is 12.6. The highest BCUT2D eigenvalue weighted by Gasteiger charge is 2.32. The van der Waals surface area contributed by atoms with E-state index in [0.29, 0.717) is 19.0 Å². The maximum atomic E-state index is 12.5. The van der Waals surface area contributed by atoms with Crippen molar-refractivity contribution in [1.29, 1.82) is 0 Å². The molecule has 4 N–H and O–H groups in total. The lowest BCUT2D eigenvalue weighted by Crippen LogP contribution is -2.49. The Kier molecular flexibility index (Phi) is 6.03. The van der Waals surface area contributed by atoms with Gasteiger partial charge >= 0.3 is 0 Å².